The second-order valence-electron chi connectivity index (χ2n) is 8.43. The van der Waals surface area contributed by atoms with E-state index in [1.165, 1.54) is 0 Å². The van der Waals surface area contributed by atoms with Gasteiger partial charge in [0.1, 0.15) is 22.5 Å². The van der Waals surface area contributed by atoms with Gasteiger partial charge in [-0.1, -0.05) is 0 Å². The van der Waals surface area contributed by atoms with Crippen molar-refractivity contribution in [2.75, 3.05) is 27.4 Å². The first-order valence-electron chi connectivity index (χ1n) is 11.3. The van der Waals surface area contributed by atoms with Crippen LogP contribution in [0.1, 0.15) is 12.8 Å². The quantitative estimate of drug-likeness (QED) is 0.438. The van der Waals surface area contributed by atoms with E-state index in [9.17, 15) is 0 Å². The molecule has 0 radical (unpaired) electrons. The molecule has 4 heterocycles. The maximum absolute atomic E-state index is 5.76. The van der Waals surface area contributed by atoms with Crippen molar-refractivity contribution in [1.82, 2.24) is 24.3 Å². The Kier molecular flexibility index (Phi) is 6.27. The lowest BCUT2D eigenvalue weighted by Gasteiger charge is -2.24. The van der Waals surface area contributed by atoms with Gasteiger partial charge in [0.15, 0.2) is 5.65 Å². The summed E-state index contributed by atoms with van der Waals surface area (Å²) in [6.45, 7) is 2.29. The zero-order valence-corrected chi connectivity index (χ0v) is 19.6. The highest BCUT2D eigenvalue weighted by molar-refractivity contribution is 5.73. The van der Waals surface area contributed by atoms with Crippen LogP contribution in [0.25, 0.3) is 22.4 Å². The number of pyridine rings is 1. The molecule has 1 saturated heterocycles. The van der Waals surface area contributed by atoms with Crippen molar-refractivity contribution < 1.29 is 14.2 Å². The van der Waals surface area contributed by atoms with Gasteiger partial charge in [-0.15, -0.1) is 0 Å². The Morgan fingerprint density at radius 1 is 1.12 bits per heavy atom. The highest BCUT2D eigenvalue weighted by Gasteiger charge is 2.17. The summed E-state index contributed by atoms with van der Waals surface area (Å²) in [6.07, 6.45) is 7.68. The van der Waals surface area contributed by atoms with Gasteiger partial charge in [-0.05, 0) is 25.0 Å². The van der Waals surface area contributed by atoms with Gasteiger partial charge >= 0.3 is 0 Å². The fourth-order valence-corrected chi connectivity index (χ4v) is 4.23. The van der Waals surface area contributed by atoms with Crippen molar-refractivity contribution in [3.8, 4) is 22.8 Å². The summed E-state index contributed by atoms with van der Waals surface area (Å²) in [5, 5.41) is 4.28. The van der Waals surface area contributed by atoms with Crippen LogP contribution in [-0.4, -0.2) is 51.7 Å². The number of fused-ring (bicyclic) bond motifs is 1. The molecule has 0 bridgehead atoms. The predicted octanol–water partition coefficient (Wildman–Crippen LogP) is 3.51. The molecular weight excluding hydrogens is 432 g/mol. The van der Waals surface area contributed by atoms with E-state index in [4.69, 9.17) is 29.2 Å². The van der Waals surface area contributed by atoms with Crippen LogP contribution in [0.5, 0.6) is 11.5 Å². The van der Waals surface area contributed by atoms with Crippen molar-refractivity contribution in [3.05, 3.63) is 54.4 Å². The standard InChI is InChI=1S/C25H28N6O3/c1-30-15-18(12-27-30)23-13-26-22-6-7-24(28-19-9-20(32-2)11-21(10-19)33-3)31(25(22)29-23)14-17-5-4-8-34-16-17/h6-7,9-13,15,17H,4-5,8,14,16H2,1-3H3. The molecule has 1 aliphatic heterocycles. The van der Waals surface area contributed by atoms with Crippen LogP contribution in [0.3, 0.4) is 0 Å². The number of aromatic nitrogens is 5. The molecule has 1 atom stereocenters. The normalized spacial score (nSPS) is 16.7. The highest BCUT2D eigenvalue weighted by atomic mass is 16.5. The van der Waals surface area contributed by atoms with Gasteiger partial charge in [0.2, 0.25) is 0 Å². The van der Waals surface area contributed by atoms with Gasteiger partial charge in [-0.3, -0.25) is 9.67 Å². The minimum Gasteiger partial charge on any atom is -0.497 e. The van der Waals surface area contributed by atoms with E-state index in [0.29, 0.717) is 17.4 Å². The molecule has 176 valence electrons. The van der Waals surface area contributed by atoms with E-state index in [1.807, 2.05) is 43.6 Å². The Bertz CT molecular complexity index is 1350. The van der Waals surface area contributed by atoms with Crippen molar-refractivity contribution in [2.24, 2.45) is 18.0 Å². The van der Waals surface area contributed by atoms with Gasteiger partial charge in [-0.2, -0.15) is 5.10 Å². The maximum Gasteiger partial charge on any atom is 0.160 e. The van der Waals surface area contributed by atoms with Gasteiger partial charge in [-0.25, -0.2) is 9.98 Å². The summed E-state index contributed by atoms with van der Waals surface area (Å²) in [4.78, 5) is 14.6. The number of aryl methyl sites for hydroxylation is 1. The molecule has 3 aromatic heterocycles. The van der Waals surface area contributed by atoms with Crippen molar-refractivity contribution in [3.63, 3.8) is 0 Å². The summed E-state index contributed by atoms with van der Waals surface area (Å²) in [5.74, 6) is 1.75. The first kappa shape index (κ1) is 22.1. The zero-order valence-electron chi connectivity index (χ0n) is 19.6. The van der Waals surface area contributed by atoms with Crippen molar-refractivity contribution in [2.45, 2.75) is 19.4 Å². The number of hydrogen-bond donors (Lipinski definition) is 0. The van der Waals surface area contributed by atoms with Crippen molar-refractivity contribution in [1.29, 1.82) is 0 Å². The molecule has 4 aromatic rings. The van der Waals surface area contributed by atoms with Crippen LogP contribution in [0.2, 0.25) is 0 Å². The van der Waals surface area contributed by atoms with E-state index < -0.39 is 0 Å². The molecule has 1 unspecified atom stereocenters. The zero-order chi connectivity index (χ0) is 23.5. The number of methoxy groups -OCH3 is 2. The number of nitrogens with zero attached hydrogens (tertiary/aromatic N) is 6. The molecular formula is C25H28N6O3. The van der Waals surface area contributed by atoms with Crippen LogP contribution in [0.4, 0.5) is 5.69 Å². The Labute approximate surface area is 197 Å². The topological polar surface area (TPSA) is 88.6 Å². The molecule has 0 spiro atoms. The SMILES string of the molecule is COc1cc(N=c2ccc3ncc(-c4cnn(C)c4)nc3n2CC2CCCOC2)cc(OC)c1. The average molecular weight is 461 g/mol. The van der Waals surface area contributed by atoms with Crippen LogP contribution in [0, 0.1) is 5.92 Å². The molecule has 1 fully saturated rings. The average Bonchev–Trinajstić information content (AvgIpc) is 3.31. The van der Waals surface area contributed by atoms with Gasteiger partial charge < -0.3 is 18.8 Å². The first-order valence-corrected chi connectivity index (χ1v) is 11.3. The van der Waals surface area contributed by atoms with Crippen LogP contribution < -0.4 is 15.0 Å². The molecule has 34 heavy (non-hydrogen) atoms. The van der Waals surface area contributed by atoms with Gasteiger partial charge in [0, 0.05) is 56.1 Å². The van der Waals surface area contributed by atoms with Crippen LogP contribution in [-0.2, 0) is 18.3 Å². The fourth-order valence-electron chi connectivity index (χ4n) is 4.23. The van der Waals surface area contributed by atoms with Crippen LogP contribution in [0.15, 0.2) is 53.9 Å². The molecule has 5 rings (SSSR count). The molecule has 0 N–H and O–H groups in total. The molecule has 0 amide bonds. The third-order valence-corrected chi connectivity index (χ3v) is 5.98. The number of ether oxygens (including phenoxy) is 3. The Morgan fingerprint density at radius 2 is 1.94 bits per heavy atom. The smallest absolute Gasteiger partial charge is 0.160 e. The monoisotopic (exact) mass is 460 g/mol. The maximum atomic E-state index is 5.76. The first-order chi connectivity index (χ1) is 16.6. The summed E-state index contributed by atoms with van der Waals surface area (Å²) >= 11 is 0. The number of hydrogen-bond acceptors (Lipinski definition) is 7. The second kappa shape index (κ2) is 9.64. The number of benzene rings is 1. The van der Waals surface area contributed by atoms with Crippen LogP contribution >= 0.6 is 0 Å². The molecule has 9 nitrogen and oxygen atoms in total. The highest BCUT2D eigenvalue weighted by Crippen LogP contribution is 2.27. The Balaban J connectivity index is 1.68. The second-order valence-corrected chi connectivity index (χ2v) is 8.43. The molecule has 1 aliphatic rings. The third kappa shape index (κ3) is 4.65. The summed E-state index contributed by atoms with van der Waals surface area (Å²) in [7, 11) is 5.15. The molecule has 0 saturated carbocycles. The lowest BCUT2D eigenvalue weighted by atomic mass is 10.0. The van der Waals surface area contributed by atoms with E-state index in [0.717, 1.165) is 66.2 Å². The lowest BCUT2D eigenvalue weighted by molar-refractivity contribution is 0.0483. The van der Waals surface area contributed by atoms with Gasteiger partial charge in [0.05, 0.1) is 44.6 Å². The minimum absolute atomic E-state index is 0.377. The van der Waals surface area contributed by atoms with E-state index in [2.05, 4.69) is 9.67 Å². The minimum atomic E-state index is 0.377. The summed E-state index contributed by atoms with van der Waals surface area (Å²) < 4.78 is 20.5. The predicted molar refractivity (Wildman–Crippen MR) is 128 cm³/mol. The molecule has 9 heteroatoms. The van der Waals surface area contributed by atoms with E-state index >= 15 is 0 Å². The third-order valence-electron chi connectivity index (χ3n) is 5.98. The Morgan fingerprint density at radius 3 is 2.62 bits per heavy atom. The van der Waals surface area contributed by atoms with Gasteiger partial charge in [0.25, 0.3) is 0 Å². The molecule has 1 aromatic carbocycles. The van der Waals surface area contributed by atoms with E-state index in [1.54, 1.807) is 31.3 Å². The Hall–Kier alpha value is -3.72. The number of rotatable bonds is 6. The largest absolute Gasteiger partial charge is 0.497 e. The lowest BCUT2D eigenvalue weighted by Crippen LogP contribution is -2.29. The van der Waals surface area contributed by atoms with Crippen molar-refractivity contribution >= 4 is 16.9 Å². The summed E-state index contributed by atoms with van der Waals surface area (Å²) in [6, 6.07) is 9.55. The van der Waals surface area contributed by atoms with E-state index in [-0.39, 0.29) is 0 Å². The molecule has 0 aliphatic carbocycles. The fraction of sp³-hybridized carbons (Fsp3) is 0.360. The summed E-state index contributed by atoms with van der Waals surface area (Å²) in [5.41, 5.74) is 4.81.